The van der Waals surface area contributed by atoms with Gasteiger partial charge in [-0.05, 0) is 37.3 Å². The van der Waals surface area contributed by atoms with Gasteiger partial charge < -0.3 is 9.55 Å². The molecule has 0 aliphatic rings. The molecule has 0 radical (unpaired) electrons. The molecule has 0 amide bonds. The Bertz CT molecular complexity index is 1780. The highest BCUT2D eigenvalue weighted by atomic mass is 32.2. The van der Waals surface area contributed by atoms with Gasteiger partial charge in [-0.15, -0.1) is 0 Å². The lowest BCUT2D eigenvalue weighted by atomic mass is 10.0. The molecule has 0 saturated carbocycles. The van der Waals surface area contributed by atoms with E-state index in [1.165, 1.54) is 6.07 Å². The van der Waals surface area contributed by atoms with E-state index in [2.05, 4.69) is 4.98 Å². The summed E-state index contributed by atoms with van der Waals surface area (Å²) in [5, 5.41) is 0.635. The molecule has 8 heteroatoms. The zero-order valence-electron chi connectivity index (χ0n) is 16.1. The normalized spacial score (nSPS) is 12.4. The summed E-state index contributed by atoms with van der Waals surface area (Å²) < 4.78 is 36.6. The number of nitrogens with one attached hydrogen (secondary N) is 1. The summed E-state index contributed by atoms with van der Waals surface area (Å²) >= 11 is 0. The zero-order chi connectivity index (χ0) is 21.4. The highest BCUT2D eigenvalue weighted by Gasteiger charge is 2.25. The molecule has 0 bridgehead atoms. The monoisotopic (exact) mass is 420 g/mol. The average molecular weight is 420 g/mol. The fourth-order valence-electron chi connectivity index (χ4n) is 4.15. The van der Waals surface area contributed by atoms with Crippen LogP contribution in [0.1, 0.15) is 5.56 Å². The van der Waals surface area contributed by atoms with Gasteiger partial charge in [0, 0.05) is 28.7 Å². The van der Waals surface area contributed by atoms with Gasteiger partial charge in [0.15, 0.2) is 10.9 Å². The van der Waals surface area contributed by atoms with Crippen molar-refractivity contribution in [2.75, 3.05) is 0 Å². The van der Waals surface area contributed by atoms with Crippen molar-refractivity contribution in [2.45, 2.75) is 11.8 Å². The minimum absolute atomic E-state index is 0.0820. The van der Waals surface area contributed by atoms with E-state index in [-0.39, 0.29) is 27.2 Å². The van der Waals surface area contributed by atoms with Crippen molar-refractivity contribution in [3.63, 3.8) is 0 Å². The van der Waals surface area contributed by atoms with Gasteiger partial charge in [-0.1, -0.05) is 23.8 Å². The molecule has 5 aromatic rings. The van der Waals surface area contributed by atoms with Gasteiger partial charge in [0.25, 0.3) is 10.1 Å². The second-order valence-corrected chi connectivity index (χ2v) is 8.76. The number of nitrogens with zero attached hydrogens (tertiary/aromatic N) is 1. The van der Waals surface area contributed by atoms with Crippen LogP contribution in [0.2, 0.25) is 0 Å². The number of H-pyrrole nitrogens is 1. The minimum atomic E-state index is -4.84. The summed E-state index contributed by atoms with van der Waals surface area (Å²) in [6.07, 6.45) is 0. The first-order chi connectivity index (χ1) is 14.2. The number of benzene rings is 3. The Morgan fingerprint density at radius 1 is 0.900 bits per heavy atom. The van der Waals surface area contributed by atoms with Crippen molar-refractivity contribution in [1.29, 1.82) is 0 Å². The lowest BCUT2D eigenvalue weighted by Gasteiger charge is -2.15. The number of para-hydroxylation sites is 1. The molecule has 0 atom stereocenters. The van der Waals surface area contributed by atoms with Crippen molar-refractivity contribution < 1.29 is 13.0 Å². The lowest BCUT2D eigenvalue weighted by molar-refractivity contribution is 0.485. The molecule has 0 aliphatic carbocycles. The van der Waals surface area contributed by atoms with Crippen molar-refractivity contribution in [3.05, 3.63) is 74.5 Å². The van der Waals surface area contributed by atoms with E-state index in [4.69, 9.17) is 0 Å². The third-order valence-corrected chi connectivity index (χ3v) is 6.47. The van der Waals surface area contributed by atoms with E-state index < -0.39 is 20.4 Å². The van der Waals surface area contributed by atoms with Gasteiger partial charge in [-0.3, -0.25) is 14.1 Å². The van der Waals surface area contributed by atoms with Crippen LogP contribution in [0.5, 0.6) is 0 Å². The van der Waals surface area contributed by atoms with E-state index in [0.29, 0.717) is 21.8 Å². The van der Waals surface area contributed by atoms with Crippen molar-refractivity contribution in [2.24, 2.45) is 7.05 Å². The molecule has 7 nitrogen and oxygen atoms in total. The smallest absolute Gasteiger partial charge is 0.297 e. The molecule has 2 aromatic heterocycles. The summed E-state index contributed by atoms with van der Waals surface area (Å²) in [5.41, 5.74) is 1.13. The summed E-state index contributed by atoms with van der Waals surface area (Å²) in [6.45, 7) is 1.85. The number of hydrogen-bond acceptors (Lipinski definition) is 4. The summed E-state index contributed by atoms with van der Waals surface area (Å²) in [6, 6.07) is 13.5. The van der Waals surface area contributed by atoms with Crippen LogP contribution in [0.3, 0.4) is 0 Å². The molecule has 2 heterocycles. The Balaban J connectivity index is 2.21. The lowest BCUT2D eigenvalue weighted by Crippen LogP contribution is -2.16. The molecule has 3 aromatic carbocycles. The van der Waals surface area contributed by atoms with Crippen LogP contribution < -0.4 is 10.9 Å². The van der Waals surface area contributed by atoms with E-state index in [1.807, 2.05) is 6.92 Å². The number of rotatable bonds is 1. The second kappa shape index (κ2) is 6.01. The molecule has 0 aliphatic heterocycles. The number of aromatic nitrogens is 2. The fraction of sp³-hybridized carbons (Fsp3) is 0.0909. The predicted octanol–water partition coefficient (Wildman–Crippen LogP) is 3.24. The van der Waals surface area contributed by atoms with Gasteiger partial charge in [-0.25, -0.2) is 0 Å². The van der Waals surface area contributed by atoms with Crippen LogP contribution >= 0.6 is 0 Å². The Hall–Kier alpha value is -3.49. The van der Waals surface area contributed by atoms with Crippen molar-refractivity contribution in [3.8, 4) is 0 Å². The number of aryl methyl sites for hydroxylation is 2. The van der Waals surface area contributed by atoms with Gasteiger partial charge in [0.1, 0.15) is 4.90 Å². The highest BCUT2D eigenvalue weighted by molar-refractivity contribution is 7.86. The number of hydrogen-bond donors (Lipinski definition) is 2. The quantitative estimate of drug-likeness (QED) is 0.320. The molecular formula is C22H16N2O5S. The second-order valence-electron chi connectivity index (χ2n) is 7.41. The van der Waals surface area contributed by atoms with Gasteiger partial charge in [0.05, 0.1) is 21.9 Å². The highest BCUT2D eigenvalue weighted by Crippen LogP contribution is 2.30. The Kier molecular flexibility index (Phi) is 3.71. The fourth-order valence-corrected chi connectivity index (χ4v) is 5.02. The number of pyridine rings is 2. The van der Waals surface area contributed by atoms with E-state index in [1.54, 1.807) is 54.1 Å². The van der Waals surface area contributed by atoms with Gasteiger partial charge in [0.2, 0.25) is 0 Å². The topological polar surface area (TPSA) is 109 Å². The maximum absolute atomic E-state index is 13.3. The maximum atomic E-state index is 13.3. The van der Waals surface area contributed by atoms with E-state index in [9.17, 15) is 22.6 Å². The zero-order valence-corrected chi connectivity index (χ0v) is 16.9. The third kappa shape index (κ3) is 2.44. The Morgan fingerprint density at radius 3 is 2.37 bits per heavy atom. The summed E-state index contributed by atoms with van der Waals surface area (Å²) in [5.74, 6) is 0. The van der Waals surface area contributed by atoms with Crippen LogP contribution in [0, 0.1) is 6.92 Å². The summed E-state index contributed by atoms with van der Waals surface area (Å²) in [7, 11) is -3.16. The van der Waals surface area contributed by atoms with Gasteiger partial charge >= 0.3 is 0 Å². The SMILES string of the molecule is Cc1ccc2[nH]c3c(S(=O)(=O)O)c4c(=O)c5ccccc5n(C)c4cc3c(=O)c2c1. The average Bonchev–Trinajstić information content (AvgIpc) is 2.71. The molecule has 30 heavy (non-hydrogen) atoms. The predicted molar refractivity (Wildman–Crippen MR) is 117 cm³/mol. The molecular weight excluding hydrogens is 404 g/mol. The molecule has 2 N–H and O–H groups in total. The number of aromatic amines is 1. The van der Waals surface area contributed by atoms with Crippen molar-refractivity contribution >= 4 is 53.7 Å². The molecule has 5 rings (SSSR count). The Morgan fingerprint density at radius 2 is 1.63 bits per heavy atom. The molecule has 0 saturated heterocycles. The Labute approximate surface area is 169 Å². The van der Waals surface area contributed by atoms with Crippen LogP contribution in [0.4, 0.5) is 0 Å². The first-order valence-electron chi connectivity index (χ1n) is 9.17. The first-order valence-corrected chi connectivity index (χ1v) is 10.6. The van der Waals surface area contributed by atoms with Crippen molar-refractivity contribution in [1.82, 2.24) is 9.55 Å². The molecule has 0 unspecified atom stereocenters. The van der Waals surface area contributed by atoms with Crippen LogP contribution in [-0.4, -0.2) is 22.5 Å². The van der Waals surface area contributed by atoms with Crippen LogP contribution in [-0.2, 0) is 17.2 Å². The molecule has 150 valence electrons. The largest absolute Gasteiger partial charge is 0.353 e. The number of fused-ring (bicyclic) bond motifs is 4. The molecule has 0 spiro atoms. The summed E-state index contributed by atoms with van der Waals surface area (Å²) in [4.78, 5) is 28.9. The standard InChI is InChI=1S/C22H16N2O5S/c1-11-7-8-15-13(9-11)20(25)14-10-17-18(22(19(14)23-15)30(27,28)29)21(26)12-5-3-4-6-16(12)24(17)2/h3-10H,1-2H3,(H,23,25)(H,27,28,29). The van der Waals surface area contributed by atoms with Crippen LogP contribution in [0.15, 0.2) is 63.0 Å². The third-order valence-electron chi connectivity index (χ3n) is 5.54. The maximum Gasteiger partial charge on any atom is 0.297 e. The van der Waals surface area contributed by atoms with E-state index in [0.717, 1.165) is 5.56 Å². The first kappa shape index (κ1) is 18.5. The van der Waals surface area contributed by atoms with Crippen LogP contribution in [0.25, 0.3) is 43.6 Å². The minimum Gasteiger partial charge on any atom is -0.353 e. The molecule has 0 fully saturated rings. The van der Waals surface area contributed by atoms with E-state index >= 15 is 0 Å². The van der Waals surface area contributed by atoms with Gasteiger partial charge in [-0.2, -0.15) is 8.42 Å².